The van der Waals surface area contributed by atoms with Gasteiger partial charge in [0.1, 0.15) is 5.75 Å². The topological polar surface area (TPSA) is 113 Å². The summed E-state index contributed by atoms with van der Waals surface area (Å²) in [6, 6.07) is 9.66. The van der Waals surface area contributed by atoms with E-state index in [4.69, 9.17) is 9.84 Å². The van der Waals surface area contributed by atoms with E-state index in [2.05, 4.69) is 14.9 Å². The number of nitrogens with zero attached hydrogens (tertiary/aromatic N) is 2. The largest absolute Gasteiger partial charge is 0.491 e. The zero-order valence-electron chi connectivity index (χ0n) is 22.6. The number of ether oxygens (including phenoxy) is 1. The Morgan fingerprint density at radius 3 is 2.49 bits per heavy atom. The molecular formula is C28H33F3N4O5S. The molecule has 2 fully saturated rings. The summed E-state index contributed by atoms with van der Waals surface area (Å²) in [7, 11) is -2.01. The first-order valence-electron chi connectivity index (χ1n) is 13.5. The number of nitrogens with one attached hydrogen (secondary N) is 2. The smallest absolute Gasteiger partial charge is 0.392 e. The van der Waals surface area contributed by atoms with E-state index in [1.54, 1.807) is 42.1 Å². The molecule has 1 aliphatic carbocycles. The van der Waals surface area contributed by atoms with Crippen molar-refractivity contribution in [3.8, 4) is 5.75 Å². The Hall–Kier alpha value is -3.45. The molecule has 0 radical (unpaired) electrons. The fraction of sp³-hybridized carbons (Fsp3) is 0.464. The number of hydrogen-bond donors (Lipinski definition) is 3. The van der Waals surface area contributed by atoms with Gasteiger partial charge in [-0.25, -0.2) is 8.42 Å². The molecule has 1 amide bonds. The summed E-state index contributed by atoms with van der Waals surface area (Å²) < 4.78 is 72.4. The number of rotatable bonds is 10. The lowest BCUT2D eigenvalue weighted by atomic mass is 9.93. The van der Waals surface area contributed by atoms with Crippen LogP contribution in [-0.4, -0.2) is 62.2 Å². The molecule has 9 nitrogen and oxygen atoms in total. The van der Waals surface area contributed by atoms with E-state index in [0.29, 0.717) is 33.4 Å². The predicted octanol–water partition coefficient (Wildman–Crippen LogP) is 4.88. The highest BCUT2D eigenvalue weighted by Gasteiger charge is 2.44. The van der Waals surface area contributed by atoms with Gasteiger partial charge in [0.25, 0.3) is 5.91 Å². The number of amides is 1. The van der Waals surface area contributed by atoms with Crippen molar-refractivity contribution in [3.05, 3.63) is 48.2 Å². The molecule has 1 spiro atoms. The summed E-state index contributed by atoms with van der Waals surface area (Å²) >= 11 is 0. The summed E-state index contributed by atoms with van der Waals surface area (Å²) in [5.41, 5.74) is 2.61. The number of piperidine rings is 1. The van der Waals surface area contributed by atoms with Crippen molar-refractivity contribution in [1.82, 2.24) is 4.57 Å². The lowest BCUT2D eigenvalue weighted by Gasteiger charge is -2.35. The third kappa shape index (κ3) is 6.89. The maximum absolute atomic E-state index is 13.5. The van der Waals surface area contributed by atoms with Crippen LogP contribution in [0.15, 0.2) is 42.6 Å². The Morgan fingerprint density at radius 1 is 1.10 bits per heavy atom. The van der Waals surface area contributed by atoms with E-state index in [-0.39, 0.29) is 11.3 Å². The lowest BCUT2D eigenvalue weighted by molar-refractivity contribution is -0.139. The second-order valence-corrected chi connectivity index (χ2v) is 12.7. The Kier molecular flexibility index (Phi) is 7.86. The normalized spacial score (nSPS) is 16.7. The number of alkyl halides is 3. The summed E-state index contributed by atoms with van der Waals surface area (Å²) in [5, 5.41) is 12.6. The number of aliphatic hydroxyl groups excluding tert-OH is 1. The molecule has 13 heteroatoms. The number of aliphatic hydroxyl groups is 1. The van der Waals surface area contributed by atoms with Crippen LogP contribution in [0, 0.1) is 5.41 Å². The van der Waals surface area contributed by atoms with Crippen molar-refractivity contribution in [1.29, 1.82) is 0 Å². The fourth-order valence-corrected chi connectivity index (χ4v) is 6.15. The molecule has 222 valence electrons. The zero-order chi connectivity index (χ0) is 29.4. The Morgan fingerprint density at radius 2 is 1.83 bits per heavy atom. The van der Waals surface area contributed by atoms with E-state index in [0.717, 1.165) is 25.9 Å². The molecule has 1 saturated heterocycles. The van der Waals surface area contributed by atoms with Crippen LogP contribution in [0.3, 0.4) is 0 Å². The number of halogens is 3. The van der Waals surface area contributed by atoms with Crippen molar-refractivity contribution in [2.75, 3.05) is 47.0 Å². The molecule has 41 heavy (non-hydrogen) atoms. The van der Waals surface area contributed by atoms with E-state index in [9.17, 15) is 26.4 Å². The average molecular weight is 595 g/mol. The molecule has 1 saturated carbocycles. The second kappa shape index (κ2) is 11.1. The van der Waals surface area contributed by atoms with Crippen molar-refractivity contribution in [2.24, 2.45) is 12.5 Å². The molecular weight excluding hydrogens is 561 g/mol. The van der Waals surface area contributed by atoms with Gasteiger partial charge in [0.2, 0.25) is 10.0 Å². The van der Waals surface area contributed by atoms with E-state index >= 15 is 0 Å². The second-order valence-electron chi connectivity index (χ2n) is 10.9. The highest BCUT2D eigenvalue weighted by molar-refractivity contribution is 7.92. The molecule has 0 unspecified atom stereocenters. The molecule has 0 bridgehead atoms. The number of aryl methyl sites for hydroxylation is 1. The average Bonchev–Trinajstić information content (AvgIpc) is 3.54. The Labute approximate surface area is 236 Å². The number of hydrogen-bond acceptors (Lipinski definition) is 6. The predicted molar refractivity (Wildman–Crippen MR) is 151 cm³/mol. The molecule has 2 heterocycles. The number of benzene rings is 2. The Balaban J connectivity index is 1.42. The minimum atomic E-state index is -4.37. The van der Waals surface area contributed by atoms with Crippen LogP contribution in [0.4, 0.5) is 30.2 Å². The van der Waals surface area contributed by atoms with Crippen LogP contribution < -0.4 is 19.7 Å². The van der Waals surface area contributed by atoms with Crippen molar-refractivity contribution < 1.29 is 36.2 Å². The van der Waals surface area contributed by atoms with Gasteiger partial charge >= 0.3 is 6.18 Å². The number of fused-ring (bicyclic) bond motifs is 1. The summed E-state index contributed by atoms with van der Waals surface area (Å²) in [6.07, 6.45) is 0.672. The molecule has 1 aliphatic heterocycles. The highest BCUT2D eigenvalue weighted by Crippen LogP contribution is 2.54. The molecule has 2 aliphatic rings. The molecule has 5 rings (SSSR count). The van der Waals surface area contributed by atoms with Crippen LogP contribution in [0.2, 0.25) is 0 Å². The van der Waals surface area contributed by atoms with Crippen molar-refractivity contribution in [3.63, 3.8) is 0 Å². The van der Waals surface area contributed by atoms with Gasteiger partial charge in [-0.3, -0.25) is 9.52 Å². The first kappa shape index (κ1) is 29.1. The molecule has 2 aromatic carbocycles. The minimum Gasteiger partial charge on any atom is -0.491 e. The number of anilines is 3. The Bertz CT molecular complexity index is 1540. The van der Waals surface area contributed by atoms with Crippen LogP contribution in [0.1, 0.15) is 42.5 Å². The third-order valence-corrected chi connectivity index (χ3v) is 9.11. The standard InChI is InChI=1S/C28H33F3N4O5S/c1-34-10-4-19-16-20(17-24(25(19)34)40-14-9-28(29,30)31)26(37)32-22-3-2-21(33-41(38,39)15-13-36)18-23(22)35-11-7-27(5-6-27)8-12-35/h2-4,10,16-18,33,36H,5-9,11-15H2,1H3,(H,32,37). The number of carbonyl (C=O) groups excluding carboxylic acids is 1. The van der Waals surface area contributed by atoms with E-state index in [1.807, 2.05) is 0 Å². The van der Waals surface area contributed by atoms with Crippen molar-refractivity contribution >= 4 is 43.9 Å². The summed E-state index contributed by atoms with van der Waals surface area (Å²) in [4.78, 5) is 15.6. The number of aromatic nitrogens is 1. The van der Waals surface area contributed by atoms with Crippen LogP contribution >= 0.6 is 0 Å². The van der Waals surface area contributed by atoms with Gasteiger partial charge in [0.15, 0.2) is 0 Å². The van der Waals surface area contributed by atoms with Gasteiger partial charge < -0.3 is 24.6 Å². The monoisotopic (exact) mass is 594 g/mol. The van der Waals surface area contributed by atoms with Gasteiger partial charge in [-0.2, -0.15) is 13.2 Å². The van der Waals surface area contributed by atoms with Gasteiger partial charge in [0.05, 0.1) is 48.0 Å². The first-order chi connectivity index (χ1) is 19.4. The molecule has 3 N–H and O–H groups in total. The lowest BCUT2D eigenvalue weighted by Crippen LogP contribution is -2.35. The van der Waals surface area contributed by atoms with Gasteiger partial charge in [-0.15, -0.1) is 0 Å². The summed E-state index contributed by atoms with van der Waals surface area (Å²) in [5.74, 6) is -0.756. The molecule has 1 aromatic heterocycles. The van der Waals surface area contributed by atoms with E-state index in [1.165, 1.54) is 25.0 Å². The van der Waals surface area contributed by atoms with E-state index < -0.39 is 47.5 Å². The SMILES string of the molecule is Cn1ccc2cc(C(=O)Nc3ccc(NS(=O)(=O)CCO)cc3N3CCC4(CC3)CC4)cc(OCCC(F)(F)F)c21. The molecule has 3 aromatic rings. The zero-order valence-corrected chi connectivity index (χ0v) is 23.4. The van der Waals surface area contributed by atoms with Crippen LogP contribution in [-0.2, 0) is 17.1 Å². The number of carbonyl (C=O) groups is 1. The fourth-order valence-electron chi connectivity index (χ4n) is 5.32. The van der Waals surface area contributed by atoms with Gasteiger partial charge in [0, 0.05) is 37.3 Å². The maximum atomic E-state index is 13.5. The van der Waals surface area contributed by atoms with Crippen LogP contribution in [0.25, 0.3) is 10.9 Å². The molecule has 0 atom stereocenters. The highest BCUT2D eigenvalue weighted by atomic mass is 32.2. The number of sulfonamides is 1. The van der Waals surface area contributed by atoms with Crippen molar-refractivity contribution in [2.45, 2.75) is 38.3 Å². The minimum absolute atomic E-state index is 0.170. The quantitative estimate of drug-likeness (QED) is 0.309. The van der Waals surface area contributed by atoms with Crippen LogP contribution in [0.5, 0.6) is 5.75 Å². The van der Waals surface area contributed by atoms with Gasteiger partial charge in [-0.05, 0) is 67.5 Å². The van der Waals surface area contributed by atoms with Gasteiger partial charge in [-0.1, -0.05) is 0 Å². The summed E-state index contributed by atoms with van der Waals surface area (Å²) in [6.45, 7) is 0.410. The maximum Gasteiger partial charge on any atom is 0.392 e. The third-order valence-electron chi connectivity index (χ3n) is 7.84. The first-order valence-corrected chi connectivity index (χ1v) is 15.1.